The summed E-state index contributed by atoms with van der Waals surface area (Å²) in [6.45, 7) is 7.24. The van der Waals surface area contributed by atoms with Crippen LogP contribution < -0.4 is 25.5 Å². The van der Waals surface area contributed by atoms with Crippen molar-refractivity contribution in [2.45, 2.75) is 50.9 Å². The van der Waals surface area contributed by atoms with E-state index in [1.54, 1.807) is 24.1 Å². The van der Waals surface area contributed by atoms with E-state index in [0.717, 1.165) is 12.1 Å². The summed E-state index contributed by atoms with van der Waals surface area (Å²) in [6, 6.07) is 9.75. The molecule has 0 unspecified atom stereocenters. The molecule has 0 aliphatic carbocycles. The predicted octanol–water partition coefficient (Wildman–Crippen LogP) is 3.04. The van der Waals surface area contributed by atoms with Crippen LogP contribution in [0.15, 0.2) is 35.1 Å². The average Bonchev–Trinajstić information content (AvgIpc) is 2.86. The number of nitrogens with one attached hydrogen (secondary N) is 2. The third kappa shape index (κ3) is 7.02. The van der Waals surface area contributed by atoms with Crippen LogP contribution in [0.1, 0.15) is 28.9 Å². The molecule has 0 bridgehead atoms. The summed E-state index contributed by atoms with van der Waals surface area (Å²) in [7, 11) is -5.13. The Morgan fingerprint density at radius 2 is 1.73 bits per heavy atom. The fourth-order valence-corrected chi connectivity index (χ4v) is 7.86. The average molecular weight is 598 g/mol. The Balaban J connectivity index is 1.64. The predicted molar refractivity (Wildman–Crippen MR) is 156 cm³/mol. The lowest BCUT2D eigenvalue weighted by Crippen LogP contribution is -2.50. The van der Waals surface area contributed by atoms with Crippen LogP contribution in [0.3, 0.4) is 0 Å². The van der Waals surface area contributed by atoms with Crippen molar-refractivity contribution in [1.29, 1.82) is 0 Å². The van der Waals surface area contributed by atoms with E-state index >= 15 is 0 Å². The van der Waals surface area contributed by atoms with Gasteiger partial charge in [0.25, 0.3) is 17.4 Å². The van der Waals surface area contributed by atoms with Gasteiger partial charge in [0.15, 0.2) is 0 Å². The van der Waals surface area contributed by atoms with E-state index in [2.05, 4.69) is 28.0 Å². The van der Waals surface area contributed by atoms with Gasteiger partial charge in [-0.05, 0) is 49.3 Å². The molecule has 14 heteroatoms. The number of nitrogens with zero attached hydrogens (tertiary/aromatic N) is 3. The van der Waals surface area contributed by atoms with E-state index in [-0.39, 0.29) is 42.9 Å². The van der Waals surface area contributed by atoms with Crippen molar-refractivity contribution in [3.63, 3.8) is 0 Å². The molecule has 0 atom stereocenters. The molecule has 1 amide bonds. The van der Waals surface area contributed by atoms with Gasteiger partial charge in [0.1, 0.15) is 5.69 Å². The number of hydrogen-bond donors (Lipinski definition) is 3. The molecule has 2 aliphatic heterocycles. The van der Waals surface area contributed by atoms with Gasteiger partial charge in [0, 0.05) is 44.7 Å². The number of rotatable bonds is 8. The zero-order chi connectivity index (χ0) is 29.3. The van der Waals surface area contributed by atoms with Crippen LogP contribution in [-0.4, -0.2) is 76.6 Å². The number of aliphatic hydroxyl groups excluding tert-OH is 1. The minimum absolute atomic E-state index is 0.0115. The molecule has 10 nitrogen and oxygen atoms in total. The summed E-state index contributed by atoms with van der Waals surface area (Å²) in [4.78, 5) is 29.0. The van der Waals surface area contributed by atoms with Crippen LogP contribution in [0, 0.1) is 6.92 Å². The van der Waals surface area contributed by atoms with Gasteiger partial charge in [-0.1, -0.05) is 13.1 Å². The molecule has 40 heavy (non-hydrogen) atoms. The van der Waals surface area contributed by atoms with Gasteiger partial charge in [-0.25, -0.2) is 21.9 Å². The Hall–Kier alpha value is -2.97. The number of anilines is 3. The number of aliphatic hydroxyl groups is 1. The molecule has 2 aromatic rings. The van der Waals surface area contributed by atoms with Crippen LogP contribution in [0.4, 0.5) is 25.8 Å². The van der Waals surface area contributed by atoms with Crippen molar-refractivity contribution in [1.82, 2.24) is 4.68 Å². The molecule has 2 saturated heterocycles. The molecule has 220 valence electrons. The Bertz CT molecular complexity index is 1410. The standard InChI is InChI=1S/C26H37F2N5O5SSi/c1-19-4-7-22(25(36)33(19)32-10-8-26(27,28)9-11-32)29-24(35)21-6-5-20(30-39(37,38)15-14-34)18-23(21)31-12-16-40(2,3)17-13-31/h4-7,18,30,34H,8-17H2,1-3H3,(H,29,35). The molecule has 0 saturated carbocycles. The van der Waals surface area contributed by atoms with Crippen LogP contribution in [-0.2, 0) is 10.0 Å². The van der Waals surface area contributed by atoms with Gasteiger partial charge in [-0.2, -0.15) is 0 Å². The molecule has 1 aromatic heterocycles. The number of pyridine rings is 1. The van der Waals surface area contributed by atoms with E-state index in [1.165, 1.54) is 22.9 Å². The van der Waals surface area contributed by atoms with E-state index in [4.69, 9.17) is 5.11 Å². The van der Waals surface area contributed by atoms with Crippen LogP contribution in [0.25, 0.3) is 0 Å². The van der Waals surface area contributed by atoms with E-state index in [9.17, 15) is 26.8 Å². The van der Waals surface area contributed by atoms with Gasteiger partial charge >= 0.3 is 0 Å². The van der Waals surface area contributed by atoms with Gasteiger partial charge in [0.05, 0.1) is 37.4 Å². The summed E-state index contributed by atoms with van der Waals surface area (Å²) in [5, 5.41) is 13.3. The maximum absolute atomic E-state index is 13.7. The Morgan fingerprint density at radius 1 is 1.07 bits per heavy atom. The Kier molecular flexibility index (Phi) is 8.62. The first-order valence-corrected chi connectivity index (χ1v) is 18.4. The number of amides is 1. The monoisotopic (exact) mass is 597 g/mol. The third-order valence-electron chi connectivity index (χ3n) is 7.58. The molecule has 2 fully saturated rings. The number of sulfonamides is 1. The lowest BCUT2D eigenvalue weighted by Gasteiger charge is -2.38. The van der Waals surface area contributed by atoms with E-state index in [0.29, 0.717) is 24.5 Å². The fraction of sp³-hybridized carbons (Fsp3) is 0.538. The van der Waals surface area contributed by atoms with Gasteiger partial charge in [0.2, 0.25) is 10.0 Å². The number of aromatic nitrogens is 1. The van der Waals surface area contributed by atoms with E-state index in [1.807, 2.05) is 0 Å². The highest BCUT2D eigenvalue weighted by atomic mass is 32.2. The Morgan fingerprint density at radius 3 is 2.35 bits per heavy atom. The summed E-state index contributed by atoms with van der Waals surface area (Å²) in [6.07, 6.45) is -0.717. The van der Waals surface area contributed by atoms with Crippen molar-refractivity contribution in [3.8, 4) is 0 Å². The highest BCUT2D eigenvalue weighted by molar-refractivity contribution is 7.92. The number of benzene rings is 1. The topological polar surface area (TPSA) is 124 Å². The number of aryl methyl sites for hydroxylation is 1. The summed E-state index contributed by atoms with van der Waals surface area (Å²) in [5.41, 5.74) is 1.14. The number of halogens is 2. The SMILES string of the molecule is Cc1ccc(NC(=O)c2ccc(NS(=O)(=O)CCO)cc2N2CC[Si](C)(C)CC2)c(=O)n1N1CCC(F)(F)CC1. The Labute approximate surface area is 234 Å². The quantitative estimate of drug-likeness (QED) is 0.400. The maximum atomic E-state index is 13.7. The molecule has 3 N–H and O–H groups in total. The highest BCUT2D eigenvalue weighted by Gasteiger charge is 2.35. The van der Waals surface area contributed by atoms with Crippen molar-refractivity contribution in [2.24, 2.45) is 0 Å². The fourth-order valence-electron chi connectivity index (χ4n) is 5.03. The number of piperidine rings is 1. The number of hydrogen-bond acceptors (Lipinski definition) is 7. The second-order valence-electron chi connectivity index (χ2n) is 11.3. The number of carbonyl (C=O) groups excluding carboxylic acids is 1. The second kappa shape index (κ2) is 11.5. The van der Waals surface area contributed by atoms with Crippen LogP contribution in [0.5, 0.6) is 0 Å². The molecular weight excluding hydrogens is 560 g/mol. The smallest absolute Gasteiger partial charge is 0.292 e. The molecule has 4 rings (SSSR count). The van der Waals surface area contributed by atoms with Gasteiger partial charge in [-0.15, -0.1) is 0 Å². The number of carbonyl (C=O) groups is 1. The minimum atomic E-state index is -3.77. The third-order valence-corrected chi connectivity index (χ3v) is 12.0. The summed E-state index contributed by atoms with van der Waals surface area (Å²) >= 11 is 0. The first-order valence-electron chi connectivity index (χ1n) is 13.4. The summed E-state index contributed by atoms with van der Waals surface area (Å²) < 4.78 is 55.7. The van der Waals surface area contributed by atoms with Crippen LogP contribution >= 0.6 is 0 Å². The molecule has 0 spiro atoms. The lowest BCUT2D eigenvalue weighted by atomic mass is 10.1. The first kappa shape index (κ1) is 30.0. The normalized spacial score (nSPS) is 18.9. The lowest BCUT2D eigenvalue weighted by molar-refractivity contribution is -0.0261. The summed E-state index contributed by atoms with van der Waals surface area (Å²) in [5.74, 6) is -3.76. The van der Waals surface area contributed by atoms with Crippen molar-refractivity contribution >= 4 is 41.1 Å². The molecule has 3 heterocycles. The zero-order valence-electron chi connectivity index (χ0n) is 23.0. The zero-order valence-corrected chi connectivity index (χ0v) is 24.9. The molecule has 1 aromatic carbocycles. The van der Waals surface area contributed by atoms with Gasteiger partial charge in [-0.3, -0.25) is 14.3 Å². The largest absolute Gasteiger partial charge is 0.395 e. The number of alkyl halides is 2. The van der Waals surface area contributed by atoms with E-state index < -0.39 is 47.8 Å². The van der Waals surface area contributed by atoms with Crippen molar-refractivity contribution in [3.05, 3.63) is 51.9 Å². The maximum Gasteiger partial charge on any atom is 0.292 e. The van der Waals surface area contributed by atoms with Crippen molar-refractivity contribution < 1.29 is 27.1 Å². The first-order chi connectivity index (χ1) is 18.7. The van der Waals surface area contributed by atoms with Crippen LogP contribution in [0.2, 0.25) is 25.2 Å². The van der Waals surface area contributed by atoms with Gasteiger partial charge < -0.3 is 20.3 Å². The van der Waals surface area contributed by atoms with Crippen molar-refractivity contribution in [2.75, 3.05) is 58.5 Å². The molecular formula is C26H37F2N5O5SSi. The molecule has 2 aliphatic rings. The minimum Gasteiger partial charge on any atom is -0.395 e. The molecule has 0 radical (unpaired) electrons. The second-order valence-corrected chi connectivity index (χ2v) is 18.5. The highest BCUT2D eigenvalue weighted by Crippen LogP contribution is 2.32.